The molecule has 1 aromatic heterocycles. The summed E-state index contributed by atoms with van der Waals surface area (Å²) in [4.78, 5) is 25.7. The van der Waals surface area contributed by atoms with Gasteiger partial charge < -0.3 is 15.5 Å². The second-order valence-corrected chi connectivity index (χ2v) is 6.47. The van der Waals surface area contributed by atoms with E-state index >= 15 is 0 Å². The molecule has 0 aliphatic carbocycles. The van der Waals surface area contributed by atoms with Crippen molar-refractivity contribution < 1.29 is 9.59 Å². The highest BCUT2D eigenvalue weighted by molar-refractivity contribution is 9.10. The van der Waals surface area contributed by atoms with Crippen molar-refractivity contribution in [3.05, 3.63) is 45.7 Å². The fourth-order valence-electron chi connectivity index (χ4n) is 2.08. The zero-order valence-electron chi connectivity index (χ0n) is 13.8. The van der Waals surface area contributed by atoms with E-state index in [1.165, 1.54) is 0 Å². The first kappa shape index (κ1) is 18.2. The molecule has 2 rings (SSSR count). The first-order valence-electron chi connectivity index (χ1n) is 7.39. The molecule has 0 radical (unpaired) electrons. The second-order valence-electron chi connectivity index (χ2n) is 5.68. The summed E-state index contributed by atoms with van der Waals surface area (Å²) in [5.41, 5.74) is 2.70. The van der Waals surface area contributed by atoms with Crippen molar-refractivity contribution >= 4 is 33.4 Å². The van der Waals surface area contributed by atoms with E-state index in [0.717, 1.165) is 11.3 Å². The van der Waals surface area contributed by atoms with Gasteiger partial charge in [-0.1, -0.05) is 12.1 Å². The largest absolute Gasteiger partial charge is 0.347 e. The van der Waals surface area contributed by atoms with Gasteiger partial charge in [-0.2, -0.15) is 5.10 Å². The molecule has 128 valence electrons. The second kappa shape index (κ2) is 8.07. The summed E-state index contributed by atoms with van der Waals surface area (Å²) in [6, 6.07) is 7.36. The molecular formula is C16H20BrN5O2. The average Bonchev–Trinajstić information content (AvgIpc) is 2.84. The van der Waals surface area contributed by atoms with Crippen LogP contribution in [0, 0.1) is 6.92 Å². The molecule has 2 amide bonds. The minimum absolute atomic E-state index is 0.0860. The molecule has 0 fully saturated rings. The van der Waals surface area contributed by atoms with Crippen LogP contribution in [0.3, 0.4) is 0 Å². The quantitative estimate of drug-likeness (QED) is 0.698. The molecule has 0 atom stereocenters. The number of H-pyrrole nitrogens is 1. The Kier molecular flexibility index (Phi) is 6.10. The van der Waals surface area contributed by atoms with E-state index in [2.05, 4.69) is 36.8 Å². The number of carbonyl (C=O) groups excluding carboxylic acids is 2. The van der Waals surface area contributed by atoms with Gasteiger partial charge in [0.1, 0.15) is 0 Å². The summed E-state index contributed by atoms with van der Waals surface area (Å²) >= 11 is 3.33. The van der Waals surface area contributed by atoms with Gasteiger partial charge >= 0.3 is 0 Å². The van der Waals surface area contributed by atoms with Gasteiger partial charge in [0, 0.05) is 17.9 Å². The third-order valence-electron chi connectivity index (χ3n) is 3.21. The summed E-state index contributed by atoms with van der Waals surface area (Å²) in [6.07, 6.45) is 0. The van der Waals surface area contributed by atoms with E-state index in [1.807, 2.05) is 45.3 Å². The van der Waals surface area contributed by atoms with Crippen molar-refractivity contribution in [2.75, 3.05) is 26.0 Å². The van der Waals surface area contributed by atoms with E-state index in [-0.39, 0.29) is 11.8 Å². The number of aromatic nitrogens is 2. The van der Waals surface area contributed by atoms with Crippen LogP contribution in [-0.4, -0.2) is 47.6 Å². The smallest absolute Gasteiger partial charge is 0.273 e. The van der Waals surface area contributed by atoms with Gasteiger partial charge in [-0.15, -0.1) is 0 Å². The Labute approximate surface area is 148 Å². The third-order valence-corrected chi connectivity index (χ3v) is 4.18. The van der Waals surface area contributed by atoms with Gasteiger partial charge in [-0.3, -0.25) is 14.7 Å². The Hall–Kier alpha value is -2.19. The van der Waals surface area contributed by atoms with Gasteiger partial charge in [-0.05, 0) is 54.6 Å². The molecule has 24 heavy (non-hydrogen) atoms. The van der Waals surface area contributed by atoms with Gasteiger partial charge in [-0.25, -0.2) is 0 Å². The van der Waals surface area contributed by atoms with Gasteiger partial charge in [0.2, 0.25) is 5.91 Å². The van der Waals surface area contributed by atoms with Gasteiger partial charge in [0.15, 0.2) is 5.69 Å². The number of nitrogens with zero attached hydrogens (tertiary/aromatic N) is 2. The van der Waals surface area contributed by atoms with E-state index in [0.29, 0.717) is 28.9 Å². The average molecular weight is 394 g/mol. The normalized spacial score (nSPS) is 10.7. The van der Waals surface area contributed by atoms with E-state index in [9.17, 15) is 9.59 Å². The summed E-state index contributed by atoms with van der Waals surface area (Å²) in [6.45, 7) is 2.48. The Morgan fingerprint density at radius 1 is 1.33 bits per heavy atom. The molecule has 0 bridgehead atoms. The van der Waals surface area contributed by atoms with Crippen LogP contribution in [0.2, 0.25) is 0 Å². The molecule has 8 heteroatoms. The number of anilines is 1. The number of aryl methyl sites for hydroxylation is 1. The molecular weight excluding hydrogens is 374 g/mol. The molecule has 0 saturated carbocycles. The van der Waals surface area contributed by atoms with Crippen molar-refractivity contribution in [3.63, 3.8) is 0 Å². The van der Waals surface area contributed by atoms with Crippen molar-refractivity contribution in [1.82, 2.24) is 20.4 Å². The lowest BCUT2D eigenvalue weighted by Gasteiger charge is -2.11. The maximum atomic E-state index is 12.1. The van der Waals surface area contributed by atoms with Crippen LogP contribution in [-0.2, 0) is 11.3 Å². The van der Waals surface area contributed by atoms with E-state index in [1.54, 1.807) is 4.90 Å². The number of rotatable bonds is 6. The minimum atomic E-state index is -0.270. The molecule has 0 aliphatic rings. The van der Waals surface area contributed by atoms with E-state index in [4.69, 9.17) is 0 Å². The van der Waals surface area contributed by atoms with Gasteiger partial charge in [0.05, 0.1) is 11.0 Å². The van der Waals surface area contributed by atoms with E-state index < -0.39 is 0 Å². The maximum absolute atomic E-state index is 12.1. The molecule has 7 nitrogen and oxygen atoms in total. The molecule has 1 heterocycles. The summed E-state index contributed by atoms with van der Waals surface area (Å²) < 4.78 is 0.657. The molecule has 0 aliphatic heterocycles. The highest BCUT2D eigenvalue weighted by Crippen LogP contribution is 2.18. The van der Waals surface area contributed by atoms with Crippen molar-refractivity contribution in [2.45, 2.75) is 13.5 Å². The van der Waals surface area contributed by atoms with Crippen molar-refractivity contribution in [3.8, 4) is 0 Å². The standard InChI is InChI=1S/C16H20BrN5O2/c1-10-14(17)15(21-20-10)16(24)18-8-11-5-4-6-12(7-11)19-13(23)9-22(2)3/h4-7H,8-9H2,1-3H3,(H,18,24)(H,19,23)(H,20,21). The van der Waals surface area contributed by atoms with Gasteiger partial charge in [0.25, 0.3) is 5.91 Å². The lowest BCUT2D eigenvalue weighted by molar-refractivity contribution is -0.116. The first-order valence-corrected chi connectivity index (χ1v) is 8.18. The monoisotopic (exact) mass is 393 g/mol. The van der Waals surface area contributed by atoms with Crippen LogP contribution < -0.4 is 10.6 Å². The molecule has 0 unspecified atom stereocenters. The Bertz CT molecular complexity index is 742. The number of likely N-dealkylation sites (N-methyl/N-ethyl adjacent to an activating group) is 1. The molecule has 0 spiro atoms. The number of benzene rings is 1. The fourth-order valence-corrected chi connectivity index (χ4v) is 2.44. The number of hydrogen-bond acceptors (Lipinski definition) is 4. The number of hydrogen-bond donors (Lipinski definition) is 3. The Morgan fingerprint density at radius 3 is 2.71 bits per heavy atom. The first-order chi connectivity index (χ1) is 11.4. The van der Waals surface area contributed by atoms with Crippen LogP contribution >= 0.6 is 15.9 Å². The number of halogens is 1. The molecule has 2 aromatic rings. The lowest BCUT2D eigenvalue weighted by Crippen LogP contribution is -2.27. The molecule has 3 N–H and O–H groups in total. The van der Waals surface area contributed by atoms with Crippen LogP contribution in [0.25, 0.3) is 0 Å². The number of amides is 2. The van der Waals surface area contributed by atoms with Crippen molar-refractivity contribution in [2.24, 2.45) is 0 Å². The lowest BCUT2D eigenvalue weighted by atomic mass is 10.2. The van der Waals surface area contributed by atoms with Crippen molar-refractivity contribution in [1.29, 1.82) is 0 Å². The number of nitrogens with one attached hydrogen (secondary N) is 3. The Balaban J connectivity index is 1.96. The number of aromatic amines is 1. The Morgan fingerprint density at radius 2 is 2.08 bits per heavy atom. The predicted octanol–water partition coefficient (Wildman–Crippen LogP) is 1.91. The molecule has 1 aromatic carbocycles. The zero-order chi connectivity index (χ0) is 17.7. The third kappa shape index (κ3) is 4.90. The number of carbonyl (C=O) groups is 2. The molecule has 0 saturated heterocycles. The van der Waals surface area contributed by atoms with Crippen LogP contribution in [0.5, 0.6) is 0 Å². The topological polar surface area (TPSA) is 90.1 Å². The summed E-state index contributed by atoms with van der Waals surface area (Å²) in [7, 11) is 3.67. The van der Waals surface area contributed by atoms with Crippen LogP contribution in [0.1, 0.15) is 21.7 Å². The zero-order valence-corrected chi connectivity index (χ0v) is 15.4. The SMILES string of the molecule is Cc1[nH]nc(C(=O)NCc2cccc(NC(=O)CN(C)C)c2)c1Br. The summed E-state index contributed by atoms with van der Waals surface area (Å²) in [5.74, 6) is -0.356. The highest BCUT2D eigenvalue weighted by Gasteiger charge is 2.15. The maximum Gasteiger partial charge on any atom is 0.273 e. The highest BCUT2D eigenvalue weighted by atomic mass is 79.9. The predicted molar refractivity (Wildman–Crippen MR) is 95.8 cm³/mol. The van der Waals surface area contributed by atoms with Crippen LogP contribution in [0.4, 0.5) is 5.69 Å². The van der Waals surface area contributed by atoms with Crippen LogP contribution in [0.15, 0.2) is 28.7 Å². The summed E-state index contributed by atoms with van der Waals surface area (Å²) in [5, 5.41) is 12.4. The fraction of sp³-hybridized carbons (Fsp3) is 0.312. The minimum Gasteiger partial charge on any atom is -0.347 e.